The fourth-order valence-electron chi connectivity index (χ4n) is 1.86. The van der Waals surface area contributed by atoms with Crippen LogP contribution in [-0.2, 0) is 4.79 Å². The molecule has 1 heterocycles. The summed E-state index contributed by atoms with van der Waals surface area (Å²) in [5, 5.41) is 15.3. The summed E-state index contributed by atoms with van der Waals surface area (Å²) in [5.41, 5.74) is 2.17. The molecule has 1 aromatic heterocycles. The van der Waals surface area contributed by atoms with Crippen molar-refractivity contribution < 1.29 is 24.2 Å². The van der Waals surface area contributed by atoms with Crippen LogP contribution < -0.4 is 14.8 Å². The monoisotopic (exact) mass is 335 g/mol. The molecule has 0 bridgehead atoms. The molecule has 0 saturated carbocycles. The maximum atomic E-state index is 12.3. The fourth-order valence-corrected chi connectivity index (χ4v) is 2.64. The van der Waals surface area contributed by atoms with Crippen molar-refractivity contribution in [2.24, 2.45) is 0 Å². The van der Waals surface area contributed by atoms with E-state index in [0.29, 0.717) is 17.9 Å². The third-order valence-corrected chi connectivity index (χ3v) is 3.82. The number of carboxylic acids is 1. The normalized spacial score (nSPS) is 10.2. The van der Waals surface area contributed by atoms with Gasteiger partial charge >= 0.3 is 5.97 Å². The van der Waals surface area contributed by atoms with Gasteiger partial charge in [0.2, 0.25) is 0 Å². The molecule has 0 aliphatic carbocycles. The number of aliphatic carboxylic acids is 1. The highest BCUT2D eigenvalue weighted by Crippen LogP contribution is 2.29. The van der Waals surface area contributed by atoms with Crippen LogP contribution in [0.1, 0.15) is 22.8 Å². The number of ether oxygens (including phenoxy) is 2. The summed E-state index contributed by atoms with van der Waals surface area (Å²) in [6, 6.07) is 4.64. The van der Waals surface area contributed by atoms with Crippen molar-refractivity contribution in [1.82, 2.24) is 0 Å². The van der Waals surface area contributed by atoms with E-state index in [9.17, 15) is 9.59 Å². The molecule has 0 fully saturated rings. The summed E-state index contributed by atoms with van der Waals surface area (Å²) < 4.78 is 10.6. The van der Waals surface area contributed by atoms with Crippen LogP contribution in [0.3, 0.4) is 0 Å². The lowest BCUT2D eigenvalue weighted by molar-refractivity contribution is -0.139. The molecule has 0 aliphatic heterocycles. The van der Waals surface area contributed by atoms with Crippen LogP contribution in [0.2, 0.25) is 0 Å². The number of benzene rings is 1. The van der Waals surface area contributed by atoms with E-state index in [-0.39, 0.29) is 11.7 Å². The third-order valence-electron chi connectivity index (χ3n) is 2.96. The predicted molar refractivity (Wildman–Crippen MR) is 87.8 cm³/mol. The van der Waals surface area contributed by atoms with Crippen LogP contribution in [0.4, 0.5) is 5.69 Å². The number of hydrogen-bond acceptors (Lipinski definition) is 5. The van der Waals surface area contributed by atoms with Crippen molar-refractivity contribution in [1.29, 1.82) is 0 Å². The Kier molecular flexibility index (Phi) is 5.59. The van der Waals surface area contributed by atoms with Gasteiger partial charge in [0.1, 0.15) is 0 Å². The average molecular weight is 335 g/mol. The molecule has 2 aromatic rings. The Hall–Kier alpha value is -2.54. The van der Waals surface area contributed by atoms with Gasteiger partial charge in [-0.15, -0.1) is 11.3 Å². The molecule has 7 heteroatoms. The summed E-state index contributed by atoms with van der Waals surface area (Å²) in [6.45, 7) is 3.61. The Morgan fingerprint density at radius 1 is 1.22 bits per heavy atom. The van der Waals surface area contributed by atoms with Gasteiger partial charge in [0.15, 0.2) is 18.1 Å². The number of carbonyl (C=O) groups excluding carboxylic acids is 1. The first-order valence-corrected chi connectivity index (χ1v) is 7.91. The molecule has 2 rings (SSSR count). The van der Waals surface area contributed by atoms with Gasteiger partial charge in [-0.3, -0.25) is 4.79 Å². The van der Waals surface area contributed by atoms with Crippen molar-refractivity contribution in [2.45, 2.75) is 13.8 Å². The summed E-state index contributed by atoms with van der Waals surface area (Å²) >= 11 is 1.51. The highest BCUT2D eigenvalue weighted by Gasteiger charge is 2.13. The van der Waals surface area contributed by atoms with Gasteiger partial charge < -0.3 is 19.9 Å². The second-order valence-electron chi connectivity index (χ2n) is 4.70. The predicted octanol–water partition coefficient (Wildman–Crippen LogP) is 3.17. The van der Waals surface area contributed by atoms with E-state index in [2.05, 4.69) is 5.32 Å². The van der Waals surface area contributed by atoms with Crippen LogP contribution in [0.5, 0.6) is 11.5 Å². The Morgan fingerprint density at radius 2 is 2.00 bits per heavy atom. The smallest absolute Gasteiger partial charge is 0.341 e. The minimum Gasteiger partial charge on any atom is -0.490 e. The van der Waals surface area contributed by atoms with E-state index >= 15 is 0 Å². The molecule has 0 saturated heterocycles. The fraction of sp³-hybridized carbons (Fsp3) is 0.250. The molecule has 0 atom stereocenters. The van der Waals surface area contributed by atoms with E-state index in [1.807, 2.05) is 17.7 Å². The third kappa shape index (κ3) is 4.46. The minimum atomic E-state index is -1.08. The molecular formula is C16H17NO5S. The molecule has 23 heavy (non-hydrogen) atoms. The second-order valence-corrected chi connectivity index (χ2v) is 5.44. The van der Waals surface area contributed by atoms with Crippen LogP contribution in [0, 0.1) is 6.92 Å². The quantitative estimate of drug-likeness (QED) is 0.812. The van der Waals surface area contributed by atoms with Gasteiger partial charge in [0.05, 0.1) is 12.3 Å². The zero-order valence-corrected chi connectivity index (χ0v) is 13.6. The molecule has 0 aliphatic rings. The van der Waals surface area contributed by atoms with Crippen LogP contribution in [0.15, 0.2) is 29.0 Å². The lowest BCUT2D eigenvalue weighted by atomic mass is 10.2. The number of aryl methyl sites for hydroxylation is 1. The molecule has 1 amide bonds. The number of carboxylic acid groups (broad SMARTS) is 1. The zero-order chi connectivity index (χ0) is 16.8. The Morgan fingerprint density at radius 3 is 2.61 bits per heavy atom. The van der Waals surface area contributed by atoms with Gasteiger partial charge in [0, 0.05) is 10.9 Å². The highest BCUT2D eigenvalue weighted by molar-refractivity contribution is 7.08. The maximum absolute atomic E-state index is 12.3. The lowest BCUT2D eigenvalue weighted by Crippen LogP contribution is -2.13. The molecule has 122 valence electrons. The van der Waals surface area contributed by atoms with E-state index in [4.69, 9.17) is 14.6 Å². The van der Waals surface area contributed by atoms with Crippen molar-refractivity contribution in [3.05, 3.63) is 40.1 Å². The first-order chi connectivity index (χ1) is 11.0. The summed E-state index contributed by atoms with van der Waals surface area (Å²) in [7, 11) is 0. The highest BCUT2D eigenvalue weighted by atomic mass is 32.1. The first kappa shape index (κ1) is 16.8. The Balaban J connectivity index is 2.18. The van der Waals surface area contributed by atoms with E-state index in [1.165, 1.54) is 23.5 Å². The number of nitrogens with one attached hydrogen (secondary N) is 1. The van der Waals surface area contributed by atoms with Crippen LogP contribution in [0.25, 0.3) is 0 Å². The largest absolute Gasteiger partial charge is 0.490 e. The van der Waals surface area contributed by atoms with Gasteiger partial charge in [-0.05, 0) is 43.0 Å². The van der Waals surface area contributed by atoms with E-state index in [1.54, 1.807) is 13.0 Å². The van der Waals surface area contributed by atoms with Crippen molar-refractivity contribution in [3.63, 3.8) is 0 Å². The molecule has 1 aromatic carbocycles. The maximum Gasteiger partial charge on any atom is 0.341 e. The van der Waals surface area contributed by atoms with Gasteiger partial charge in [-0.2, -0.15) is 0 Å². The van der Waals surface area contributed by atoms with Crippen LogP contribution in [-0.4, -0.2) is 30.2 Å². The van der Waals surface area contributed by atoms with Crippen molar-refractivity contribution >= 4 is 28.9 Å². The molecule has 0 unspecified atom stereocenters. The SMILES string of the molecule is CCOc1cc(C(=O)Nc2cscc2C)ccc1OCC(=O)O. The summed E-state index contributed by atoms with van der Waals surface area (Å²) in [5.74, 6) is -0.722. The molecule has 0 spiro atoms. The minimum absolute atomic E-state index is 0.266. The standard InChI is InChI=1S/C16H17NO5S/c1-3-21-14-6-11(4-5-13(14)22-7-15(18)19)16(20)17-12-9-23-8-10(12)2/h4-6,8-9H,3,7H2,1-2H3,(H,17,20)(H,18,19). The molecule has 6 nitrogen and oxygen atoms in total. The topological polar surface area (TPSA) is 84.9 Å². The number of thiophene rings is 1. The summed E-state index contributed by atoms with van der Waals surface area (Å²) in [6.07, 6.45) is 0. The first-order valence-electron chi connectivity index (χ1n) is 6.96. The Bertz CT molecular complexity index is 710. The zero-order valence-electron chi connectivity index (χ0n) is 12.8. The number of carbonyl (C=O) groups is 2. The van der Waals surface area contributed by atoms with E-state index in [0.717, 1.165) is 11.3 Å². The van der Waals surface area contributed by atoms with Crippen molar-refractivity contribution in [3.8, 4) is 11.5 Å². The average Bonchev–Trinajstić information content (AvgIpc) is 2.91. The lowest BCUT2D eigenvalue weighted by Gasteiger charge is -2.12. The number of rotatable bonds is 7. The molecular weight excluding hydrogens is 318 g/mol. The van der Waals surface area contributed by atoms with Crippen molar-refractivity contribution in [2.75, 3.05) is 18.5 Å². The van der Waals surface area contributed by atoms with Gasteiger partial charge in [-0.25, -0.2) is 4.79 Å². The Labute approximate surface area is 137 Å². The molecule has 0 radical (unpaired) electrons. The van der Waals surface area contributed by atoms with Crippen LogP contribution >= 0.6 is 11.3 Å². The summed E-state index contributed by atoms with van der Waals surface area (Å²) in [4.78, 5) is 22.9. The number of amides is 1. The number of anilines is 1. The van der Waals surface area contributed by atoms with Gasteiger partial charge in [0.25, 0.3) is 5.91 Å². The second kappa shape index (κ2) is 7.64. The molecule has 2 N–H and O–H groups in total. The van der Waals surface area contributed by atoms with E-state index < -0.39 is 12.6 Å². The van der Waals surface area contributed by atoms with Gasteiger partial charge in [-0.1, -0.05) is 0 Å². The number of hydrogen-bond donors (Lipinski definition) is 2.